The van der Waals surface area contributed by atoms with Crippen LogP contribution in [0.3, 0.4) is 0 Å². The van der Waals surface area contributed by atoms with Crippen molar-refractivity contribution in [1.82, 2.24) is 18.9 Å². The van der Waals surface area contributed by atoms with Crippen molar-refractivity contribution in [2.45, 2.75) is 32.4 Å². The Hall–Kier alpha value is -3.56. The van der Waals surface area contributed by atoms with E-state index < -0.39 is 4.92 Å². The Kier molecular flexibility index (Phi) is 6.14. The van der Waals surface area contributed by atoms with Crippen LogP contribution in [0.15, 0.2) is 67.1 Å². The highest BCUT2D eigenvalue weighted by atomic mass is 32.1. The molecule has 33 heavy (non-hydrogen) atoms. The zero-order valence-electron chi connectivity index (χ0n) is 18.0. The van der Waals surface area contributed by atoms with Crippen LogP contribution < -0.4 is 0 Å². The van der Waals surface area contributed by atoms with Gasteiger partial charge in [-0.1, -0.05) is 53.8 Å². The van der Waals surface area contributed by atoms with Gasteiger partial charge < -0.3 is 19.4 Å². The van der Waals surface area contributed by atoms with Crippen LogP contribution in [-0.2, 0) is 17.9 Å². The standard InChI is InChI=1S/C24H23N5O3S/c30-29(31)22-15-27(17-25-22)13-7-2-8-14-32-16-20-23(18-9-3-1-4-10-18)26-24-28(20)19-11-5-6-12-21(19)33-24/h1,3-6,9-12,15,17H,2,7-8,13-14,16H2. The number of benzene rings is 2. The molecule has 0 atom stereocenters. The minimum absolute atomic E-state index is 0.111. The summed E-state index contributed by atoms with van der Waals surface area (Å²) >= 11 is 1.69. The van der Waals surface area contributed by atoms with Gasteiger partial charge in [-0.15, -0.1) is 0 Å². The molecule has 0 saturated heterocycles. The first-order valence-corrected chi connectivity index (χ1v) is 11.7. The second-order valence-electron chi connectivity index (χ2n) is 7.80. The van der Waals surface area contributed by atoms with Gasteiger partial charge in [-0.25, -0.2) is 4.98 Å². The summed E-state index contributed by atoms with van der Waals surface area (Å²) in [6, 6.07) is 18.6. The molecule has 0 N–H and O–H groups in total. The summed E-state index contributed by atoms with van der Waals surface area (Å²) < 4.78 is 11.3. The Bertz CT molecular complexity index is 1390. The molecule has 0 spiro atoms. The van der Waals surface area contributed by atoms with Gasteiger partial charge in [-0.3, -0.25) is 4.40 Å². The maximum atomic E-state index is 10.7. The van der Waals surface area contributed by atoms with Gasteiger partial charge in [0.1, 0.15) is 6.20 Å². The van der Waals surface area contributed by atoms with E-state index in [2.05, 4.69) is 45.8 Å². The molecule has 0 radical (unpaired) electrons. The summed E-state index contributed by atoms with van der Waals surface area (Å²) in [6.45, 7) is 1.84. The summed E-state index contributed by atoms with van der Waals surface area (Å²) in [5.41, 5.74) is 4.28. The molecule has 0 amide bonds. The first-order chi connectivity index (χ1) is 16.2. The fourth-order valence-electron chi connectivity index (χ4n) is 3.94. The van der Waals surface area contributed by atoms with Crippen molar-refractivity contribution in [2.75, 3.05) is 6.61 Å². The Labute approximate surface area is 194 Å². The zero-order chi connectivity index (χ0) is 22.6. The van der Waals surface area contributed by atoms with Gasteiger partial charge in [-0.05, 0) is 41.3 Å². The van der Waals surface area contributed by atoms with E-state index in [4.69, 9.17) is 9.72 Å². The zero-order valence-corrected chi connectivity index (χ0v) is 18.8. The smallest absolute Gasteiger partial charge is 0.375 e. The van der Waals surface area contributed by atoms with Crippen molar-refractivity contribution >= 4 is 32.3 Å². The minimum atomic E-state index is -0.474. The monoisotopic (exact) mass is 461 g/mol. The number of hydrogen-bond donors (Lipinski definition) is 0. The number of nitrogens with zero attached hydrogens (tertiary/aromatic N) is 5. The van der Waals surface area contributed by atoms with Gasteiger partial charge in [0.15, 0.2) is 4.96 Å². The van der Waals surface area contributed by atoms with E-state index in [1.54, 1.807) is 15.9 Å². The SMILES string of the molecule is O=[N+]([O-])c1cn(CCCCCOCc2c(-c3ccccc3)nc3sc4ccccc4n23)cn1. The van der Waals surface area contributed by atoms with Crippen LogP contribution in [0.25, 0.3) is 26.4 Å². The number of aromatic nitrogens is 4. The second kappa shape index (κ2) is 9.51. The van der Waals surface area contributed by atoms with Gasteiger partial charge in [-0.2, -0.15) is 0 Å². The van der Waals surface area contributed by atoms with Gasteiger partial charge in [0.25, 0.3) is 0 Å². The van der Waals surface area contributed by atoms with E-state index in [0.717, 1.165) is 46.7 Å². The molecule has 2 aromatic carbocycles. The van der Waals surface area contributed by atoms with Crippen molar-refractivity contribution in [3.8, 4) is 11.3 Å². The van der Waals surface area contributed by atoms with Crippen LogP contribution in [0.4, 0.5) is 5.82 Å². The van der Waals surface area contributed by atoms with Gasteiger partial charge in [0.2, 0.25) is 6.33 Å². The Morgan fingerprint density at radius 3 is 2.67 bits per heavy atom. The highest BCUT2D eigenvalue weighted by Gasteiger charge is 2.18. The Morgan fingerprint density at radius 1 is 1.03 bits per heavy atom. The molecule has 0 aliphatic carbocycles. The lowest BCUT2D eigenvalue weighted by atomic mass is 10.1. The van der Waals surface area contributed by atoms with Crippen LogP contribution in [0.1, 0.15) is 25.0 Å². The molecular formula is C24H23N5O3S. The maximum Gasteiger partial charge on any atom is 0.381 e. The molecule has 0 bridgehead atoms. The lowest BCUT2D eigenvalue weighted by molar-refractivity contribution is -0.389. The minimum Gasteiger partial charge on any atom is -0.375 e. The number of para-hydroxylation sites is 1. The van der Waals surface area contributed by atoms with E-state index in [-0.39, 0.29) is 5.82 Å². The number of fused-ring (bicyclic) bond motifs is 3. The average molecular weight is 462 g/mol. The molecule has 0 aliphatic rings. The first kappa shape index (κ1) is 21.3. The molecule has 9 heteroatoms. The van der Waals surface area contributed by atoms with Crippen molar-refractivity contribution < 1.29 is 9.66 Å². The highest BCUT2D eigenvalue weighted by molar-refractivity contribution is 7.23. The fraction of sp³-hybridized carbons (Fsp3) is 0.250. The largest absolute Gasteiger partial charge is 0.381 e. The van der Waals surface area contributed by atoms with Crippen LogP contribution in [0, 0.1) is 10.1 Å². The molecule has 5 rings (SSSR count). The predicted molar refractivity (Wildman–Crippen MR) is 128 cm³/mol. The molecule has 5 aromatic rings. The topological polar surface area (TPSA) is 87.5 Å². The average Bonchev–Trinajstić information content (AvgIpc) is 3.53. The molecule has 0 aliphatic heterocycles. The lowest BCUT2D eigenvalue weighted by Gasteiger charge is -2.08. The summed E-state index contributed by atoms with van der Waals surface area (Å²) in [5.74, 6) is -0.111. The van der Waals surface area contributed by atoms with Gasteiger partial charge in [0.05, 0.1) is 28.2 Å². The van der Waals surface area contributed by atoms with E-state index in [9.17, 15) is 10.1 Å². The second-order valence-corrected chi connectivity index (χ2v) is 8.81. The van der Waals surface area contributed by atoms with E-state index >= 15 is 0 Å². The molecule has 0 unspecified atom stereocenters. The Morgan fingerprint density at radius 2 is 1.85 bits per heavy atom. The first-order valence-electron chi connectivity index (χ1n) is 10.9. The number of nitro groups is 1. The quantitative estimate of drug-likeness (QED) is 0.151. The van der Waals surface area contributed by atoms with Crippen molar-refractivity contribution in [1.29, 1.82) is 0 Å². The van der Waals surface area contributed by atoms with Gasteiger partial charge in [0, 0.05) is 18.7 Å². The fourth-order valence-corrected chi connectivity index (χ4v) is 4.99. The maximum absolute atomic E-state index is 10.7. The van der Waals surface area contributed by atoms with E-state index in [1.165, 1.54) is 17.2 Å². The van der Waals surface area contributed by atoms with Crippen molar-refractivity contribution in [3.05, 3.63) is 82.9 Å². The summed E-state index contributed by atoms with van der Waals surface area (Å²) in [7, 11) is 0. The molecule has 3 heterocycles. The van der Waals surface area contributed by atoms with Crippen LogP contribution in [-0.4, -0.2) is 30.5 Å². The third-order valence-corrected chi connectivity index (χ3v) is 6.57. The third kappa shape index (κ3) is 4.50. The van der Waals surface area contributed by atoms with Crippen molar-refractivity contribution in [2.24, 2.45) is 0 Å². The summed E-state index contributed by atoms with van der Waals surface area (Å²) in [4.78, 5) is 19.9. The number of imidazole rings is 2. The summed E-state index contributed by atoms with van der Waals surface area (Å²) in [6.07, 6.45) is 5.79. The molecule has 3 aromatic heterocycles. The van der Waals surface area contributed by atoms with Gasteiger partial charge >= 0.3 is 5.82 Å². The number of unbranched alkanes of at least 4 members (excludes halogenated alkanes) is 2. The number of aryl methyl sites for hydroxylation is 1. The Balaban J connectivity index is 1.23. The molecule has 0 fully saturated rings. The number of thiazole rings is 1. The molecule has 0 saturated carbocycles. The molecule has 168 valence electrons. The van der Waals surface area contributed by atoms with E-state index in [1.807, 2.05) is 18.2 Å². The molecule has 8 nitrogen and oxygen atoms in total. The lowest BCUT2D eigenvalue weighted by Crippen LogP contribution is -2.01. The highest BCUT2D eigenvalue weighted by Crippen LogP contribution is 2.33. The molecular weight excluding hydrogens is 438 g/mol. The van der Waals surface area contributed by atoms with Crippen molar-refractivity contribution in [3.63, 3.8) is 0 Å². The number of hydrogen-bond acceptors (Lipinski definition) is 6. The third-order valence-electron chi connectivity index (χ3n) is 5.55. The number of ether oxygens (including phenoxy) is 1. The van der Waals surface area contributed by atoms with Crippen LogP contribution >= 0.6 is 11.3 Å². The predicted octanol–water partition coefficient (Wildman–Crippen LogP) is 5.71. The van der Waals surface area contributed by atoms with Crippen LogP contribution in [0.5, 0.6) is 0 Å². The summed E-state index contributed by atoms with van der Waals surface area (Å²) in [5, 5.41) is 10.7. The van der Waals surface area contributed by atoms with E-state index in [0.29, 0.717) is 19.8 Å². The normalized spacial score (nSPS) is 11.5. The van der Waals surface area contributed by atoms with Crippen LogP contribution in [0.2, 0.25) is 0 Å². The number of rotatable bonds is 10.